The smallest absolute Gasteiger partial charge is 0.108 e. The van der Waals surface area contributed by atoms with E-state index in [0.717, 1.165) is 31.7 Å². The minimum absolute atomic E-state index is 0.325. The number of rotatable bonds is 3. The summed E-state index contributed by atoms with van der Waals surface area (Å²) in [6, 6.07) is 0.325. The van der Waals surface area contributed by atoms with Crippen molar-refractivity contribution in [3.05, 3.63) is 17.7 Å². The molecule has 2 atom stereocenters. The zero-order chi connectivity index (χ0) is 10.8. The Bertz CT molecular complexity index is 328. The molecule has 0 bridgehead atoms. The lowest BCUT2D eigenvalue weighted by molar-refractivity contribution is 0.327. The van der Waals surface area contributed by atoms with Crippen LogP contribution in [0, 0.1) is 5.92 Å². The molecule has 0 amide bonds. The molecular weight excluding hydrogens is 186 g/mol. The number of nitrogens with zero attached hydrogens (tertiary/aromatic N) is 2. The summed E-state index contributed by atoms with van der Waals surface area (Å²) in [7, 11) is 0. The number of imidazole rings is 1. The first-order chi connectivity index (χ1) is 7.19. The zero-order valence-corrected chi connectivity index (χ0v) is 9.74. The van der Waals surface area contributed by atoms with Gasteiger partial charge in [-0.2, -0.15) is 0 Å². The van der Waals surface area contributed by atoms with Crippen molar-refractivity contribution in [3.63, 3.8) is 0 Å². The highest BCUT2D eigenvalue weighted by Gasteiger charge is 2.20. The van der Waals surface area contributed by atoms with Crippen LogP contribution in [0.5, 0.6) is 0 Å². The number of hydrogen-bond donors (Lipinski definition) is 1. The highest BCUT2D eigenvalue weighted by molar-refractivity contribution is 5.06. The fourth-order valence-corrected chi connectivity index (χ4v) is 2.46. The van der Waals surface area contributed by atoms with E-state index in [1.54, 1.807) is 0 Å². The van der Waals surface area contributed by atoms with Gasteiger partial charge in [0.15, 0.2) is 0 Å². The lowest BCUT2D eigenvalue weighted by Gasteiger charge is -2.24. The number of fused-ring (bicyclic) bond motifs is 1. The molecule has 0 aromatic carbocycles. The van der Waals surface area contributed by atoms with Crippen LogP contribution in [0.4, 0.5) is 0 Å². The van der Waals surface area contributed by atoms with E-state index in [2.05, 4.69) is 29.6 Å². The largest absolute Gasteiger partial charge is 0.334 e. The van der Waals surface area contributed by atoms with E-state index in [1.807, 2.05) is 0 Å². The Morgan fingerprint density at radius 1 is 1.67 bits per heavy atom. The van der Waals surface area contributed by atoms with Crippen molar-refractivity contribution in [1.82, 2.24) is 9.55 Å². The van der Waals surface area contributed by atoms with Crippen molar-refractivity contribution in [3.8, 4) is 0 Å². The van der Waals surface area contributed by atoms with E-state index in [4.69, 9.17) is 5.73 Å². The van der Waals surface area contributed by atoms with Crippen LogP contribution in [0.1, 0.15) is 38.2 Å². The molecule has 2 heterocycles. The minimum Gasteiger partial charge on any atom is -0.334 e. The van der Waals surface area contributed by atoms with Crippen LogP contribution < -0.4 is 5.73 Å². The van der Waals surface area contributed by atoms with Crippen molar-refractivity contribution in [2.75, 3.05) is 0 Å². The van der Waals surface area contributed by atoms with Crippen LogP contribution in [0.2, 0.25) is 0 Å². The highest BCUT2D eigenvalue weighted by Crippen LogP contribution is 2.23. The Hall–Kier alpha value is -0.830. The molecule has 84 valence electrons. The Kier molecular flexibility index (Phi) is 3.10. The van der Waals surface area contributed by atoms with Crippen LogP contribution in [0.3, 0.4) is 0 Å². The van der Waals surface area contributed by atoms with Crippen LogP contribution in [-0.4, -0.2) is 15.6 Å². The standard InChI is InChI=1S/C12H21N3/c1-3-11-8-15-7-10(6-9(2)13)4-5-12(15)14-11/h8-10H,3-7,13H2,1-2H3. The van der Waals surface area contributed by atoms with Gasteiger partial charge < -0.3 is 10.3 Å². The number of hydrogen-bond acceptors (Lipinski definition) is 2. The van der Waals surface area contributed by atoms with Gasteiger partial charge in [-0.15, -0.1) is 0 Å². The van der Waals surface area contributed by atoms with Crippen molar-refractivity contribution < 1.29 is 0 Å². The molecule has 0 radical (unpaired) electrons. The molecule has 1 aromatic rings. The molecule has 0 aliphatic carbocycles. The quantitative estimate of drug-likeness (QED) is 0.820. The summed E-state index contributed by atoms with van der Waals surface area (Å²) in [5.41, 5.74) is 7.08. The van der Waals surface area contributed by atoms with Gasteiger partial charge in [-0.3, -0.25) is 0 Å². The van der Waals surface area contributed by atoms with Gasteiger partial charge in [0.05, 0.1) is 5.69 Å². The summed E-state index contributed by atoms with van der Waals surface area (Å²) in [5, 5.41) is 0. The molecule has 0 saturated heterocycles. The van der Waals surface area contributed by atoms with Crippen molar-refractivity contribution in [1.29, 1.82) is 0 Å². The summed E-state index contributed by atoms with van der Waals surface area (Å²) in [6.45, 7) is 5.37. The number of nitrogens with two attached hydrogens (primary N) is 1. The maximum atomic E-state index is 5.85. The second-order valence-electron chi connectivity index (χ2n) is 4.77. The molecule has 0 saturated carbocycles. The number of aromatic nitrogens is 2. The Morgan fingerprint density at radius 3 is 3.13 bits per heavy atom. The van der Waals surface area contributed by atoms with Gasteiger partial charge >= 0.3 is 0 Å². The van der Waals surface area contributed by atoms with Gasteiger partial charge in [0.25, 0.3) is 0 Å². The van der Waals surface area contributed by atoms with E-state index in [9.17, 15) is 0 Å². The molecule has 0 fully saturated rings. The molecule has 1 aromatic heterocycles. The molecule has 1 aliphatic heterocycles. The third-order valence-electron chi connectivity index (χ3n) is 3.21. The van der Waals surface area contributed by atoms with Crippen LogP contribution >= 0.6 is 0 Å². The van der Waals surface area contributed by atoms with E-state index in [1.165, 1.54) is 17.9 Å². The van der Waals surface area contributed by atoms with Crippen molar-refractivity contribution >= 4 is 0 Å². The molecule has 0 spiro atoms. The molecule has 3 nitrogen and oxygen atoms in total. The monoisotopic (exact) mass is 207 g/mol. The molecule has 1 aliphatic rings. The fraction of sp³-hybridized carbons (Fsp3) is 0.750. The fourth-order valence-electron chi connectivity index (χ4n) is 2.46. The van der Waals surface area contributed by atoms with E-state index in [-0.39, 0.29) is 0 Å². The first kappa shape index (κ1) is 10.7. The molecule has 2 rings (SSSR count). The predicted molar refractivity (Wildman–Crippen MR) is 61.7 cm³/mol. The number of aryl methyl sites for hydroxylation is 2. The molecule has 2 unspecified atom stereocenters. The van der Waals surface area contributed by atoms with E-state index >= 15 is 0 Å². The molecule has 2 N–H and O–H groups in total. The third kappa shape index (κ3) is 2.40. The summed E-state index contributed by atoms with van der Waals surface area (Å²) in [5.74, 6) is 2.02. The molecule has 3 heteroatoms. The summed E-state index contributed by atoms with van der Waals surface area (Å²) in [4.78, 5) is 4.61. The average Bonchev–Trinajstić information content (AvgIpc) is 2.58. The lowest BCUT2D eigenvalue weighted by atomic mass is 9.93. The Morgan fingerprint density at radius 2 is 2.47 bits per heavy atom. The van der Waals surface area contributed by atoms with Crippen LogP contribution in [-0.2, 0) is 19.4 Å². The van der Waals surface area contributed by atoms with Crippen molar-refractivity contribution in [2.24, 2.45) is 11.7 Å². The maximum Gasteiger partial charge on any atom is 0.108 e. The third-order valence-corrected chi connectivity index (χ3v) is 3.21. The summed E-state index contributed by atoms with van der Waals surface area (Å²) in [6.07, 6.45) is 6.76. The SMILES string of the molecule is CCc1cn2c(n1)CCC(CC(C)N)C2. The highest BCUT2D eigenvalue weighted by atomic mass is 15.1. The van der Waals surface area contributed by atoms with Crippen LogP contribution in [0.25, 0.3) is 0 Å². The predicted octanol–water partition coefficient (Wildman–Crippen LogP) is 1.75. The van der Waals surface area contributed by atoms with Gasteiger partial charge in [-0.1, -0.05) is 6.92 Å². The second-order valence-corrected chi connectivity index (χ2v) is 4.77. The Balaban J connectivity index is 2.05. The summed E-state index contributed by atoms with van der Waals surface area (Å²) >= 11 is 0. The molecule has 15 heavy (non-hydrogen) atoms. The first-order valence-corrected chi connectivity index (χ1v) is 5.99. The van der Waals surface area contributed by atoms with Gasteiger partial charge in [-0.05, 0) is 32.1 Å². The zero-order valence-electron chi connectivity index (χ0n) is 9.74. The average molecular weight is 207 g/mol. The molecular formula is C12H21N3. The Labute approximate surface area is 91.7 Å². The normalized spacial score (nSPS) is 22.5. The van der Waals surface area contributed by atoms with Crippen molar-refractivity contribution in [2.45, 2.75) is 52.1 Å². The minimum atomic E-state index is 0.325. The van der Waals surface area contributed by atoms with Crippen LogP contribution in [0.15, 0.2) is 6.20 Å². The second kappa shape index (κ2) is 4.35. The van der Waals surface area contributed by atoms with Gasteiger partial charge in [0.1, 0.15) is 5.82 Å². The van der Waals surface area contributed by atoms with Gasteiger partial charge in [0, 0.05) is 25.2 Å². The first-order valence-electron chi connectivity index (χ1n) is 5.99. The summed E-state index contributed by atoms with van der Waals surface area (Å²) < 4.78 is 2.33. The van der Waals surface area contributed by atoms with Gasteiger partial charge in [-0.25, -0.2) is 4.98 Å². The lowest BCUT2D eigenvalue weighted by Crippen LogP contribution is -2.26. The van der Waals surface area contributed by atoms with Gasteiger partial charge in [0.2, 0.25) is 0 Å². The van der Waals surface area contributed by atoms with E-state index in [0.29, 0.717) is 6.04 Å². The van der Waals surface area contributed by atoms with E-state index < -0.39 is 0 Å². The maximum absolute atomic E-state index is 5.85. The topological polar surface area (TPSA) is 43.8 Å².